The highest BCUT2D eigenvalue weighted by molar-refractivity contribution is 5.77. The van der Waals surface area contributed by atoms with Crippen LogP contribution in [0.2, 0.25) is 0 Å². The van der Waals surface area contributed by atoms with Crippen LogP contribution in [0.5, 0.6) is 0 Å². The molecular formula is C14H21N3O. The molecule has 1 aliphatic rings. The number of rotatable bonds is 3. The largest absolute Gasteiger partial charge is 0.369 e. The van der Waals surface area contributed by atoms with Gasteiger partial charge in [-0.1, -0.05) is 17.7 Å². The van der Waals surface area contributed by atoms with Gasteiger partial charge < -0.3 is 15.5 Å². The molecule has 18 heavy (non-hydrogen) atoms. The number of anilines is 1. The van der Waals surface area contributed by atoms with Crippen molar-refractivity contribution in [1.29, 1.82) is 0 Å². The number of benzene rings is 1. The molecule has 0 spiro atoms. The van der Waals surface area contributed by atoms with Crippen LogP contribution >= 0.6 is 0 Å². The summed E-state index contributed by atoms with van der Waals surface area (Å²) in [6.45, 7) is 5.37. The van der Waals surface area contributed by atoms with E-state index in [9.17, 15) is 4.79 Å². The van der Waals surface area contributed by atoms with Gasteiger partial charge in [0, 0.05) is 38.3 Å². The summed E-state index contributed by atoms with van der Waals surface area (Å²) in [4.78, 5) is 13.7. The van der Waals surface area contributed by atoms with E-state index in [1.165, 1.54) is 16.8 Å². The van der Waals surface area contributed by atoms with E-state index < -0.39 is 0 Å². The van der Waals surface area contributed by atoms with Crippen LogP contribution in [0, 0.1) is 6.92 Å². The Morgan fingerprint density at radius 3 is 3.00 bits per heavy atom. The third kappa shape index (κ3) is 3.01. The van der Waals surface area contributed by atoms with Crippen molar-refractivity contribution in [2.75, 3.05) is 31.6 Å². The number of hydrogen-bond acceptors (Lipinski definition) is 3. The molecule has 1 amide bonds. The first-order valence-corrected chi connectivity index (χ1v) is 6.46. The predicted octanol–water partition coefficient (Wildman–Crippen LogP) is 1.04. The van der Waals surface area contributed by atoms with Gasteiger partial charge in [-0.15, -0.1) is 0 Å². The molecule has 0 atom stereocenters. The number of carbonyl (C=O) groups excluding carboxylic acids is 1. The van der Waals surface area contributed by atoms with Crippen molar-refractivity contribution >= 4 is 11.6 Å². The molecule has 1 aliphatic heterocycles. The van der Waals surface area contributed by atoms with Gasteiger partial charge in [0.1, 0.15) is 0 Å². The summed E-state index contributed by atoms with van der Waals surface area (Å²) in [5.74, 6) is 0.153. The lowest BCUT2D eigenvalue weighted by molar-refractivity contribution is -0.120. The van der Waals surface area contributed by atoms with Crippen LogP contribution in [0.15, 0.2) is 18.2 Å². The first-order chi connectivity index (χ1) is 8.70. The smallest absolute Gasteiger partial charge is 0.221 e. The lowest BCUT2D eigenvalue weighted by Crippen LogP contribution is -2.29. The van der Waals surface area contributed by atoms with Crippen molar-refractivity contribution in [3.8, 4) is 0 Å². The Balaban J connectivity index is 2.22. The third-order valence-electron chi connectivity index (χ3n) is 3.26. The van der Waals surface area contributed by atoms with E-state index in [4.69, 9.17) is 0 Å². The van der Waals surface area contributed by atoms with Crippen molar-refractivity contribution in [3.63, 3.8) is 0 Å². The molecule has 1 fully saturated rings. The van der Waals surface area contributed by atoms with E-state index in [0.29, 0.717) is 6.42 Å². The van der Waals surface area contributed by atoms with Gasteiger partial charge in [0.05, 0.1) is 0 Å². The first kappa shape index (κ1) is 12.9. The molecule has 98 valence electrons. The summed E-state index contributed by atoms with van der Waals surface area (Å²) >= 11 is 0. The van der Waals surface area contributed by atoms with Crippen molar-refractivity contribution in [1.82, 2.24) is 10.6 Å². The highest BCUT2D eigenvalue weighted by Crippen LogP contribution is 2.22. The fraction of sp³-hybridized carbons (Fsp3) is 0.500. The minimum absolute atomic E-state index is 0.153. The lowest BCUT2D eigenvalue weighted by atomic mass is 10.1. The Morgan fingerprint density at radius 1 is 1.39 bits per heavy atom. The summed E-state index contributed by atoms with van der Waals surface area (Å²) in [6, 6.07) is 6.51. The van der Waals surface area contributed by atoms with Crippen molar-refractivity contribution in [3.05, 3.63) is 29.3 Å². The minimum atomic E-state index is 0.153. The van der Waals surface area contributed by atoms with E-state index in [2.05, 4.69) is 40.7 Å². The maximum absolute atomic E-state index is 11.4. The lowest BCUT2D eigenvalue weighted by Gasteiger charge is -2.25. The second-order valence-electron chi connectivity index (χ2n) is 4.75. The number of aryl methyl sites for hydroxylation is 1. The third-order valence-corrected chi connectivity index (χ3v) is 3.26. The zero-order valence-electron chi connectivity index (χ0n) is 11.1. The van der Waals surface area contributed by atoms with E-state index in [-0.39, 0.29) is 5.91 Å². The minimum Gasteiger partial charge on any atom is -0.369 e. The number of hydrogen-bond donors (Lipinski definition) is 2. The van der Waals surface area contributed by atoms with Crippen molar-refractivity contribution in [2.24, 2.45) is 0 Å². The van der Waals surface area contributed by atoms with E-state index in [1.807, 2.05) is 7.05 Å². The van der Waals surface area contributed by atoms with Gasteiger partial charge >= 0.3 is 0 Å². The number of nitrogens with zero attached hydrogens (tertiary/aromatic N) is 1. The monoisotopic (exact) mass is 247 g/mol. The summed E-state index contributed by atoms with van der Waals surface area (Å²) < 4.78 is 0. The molecule has 0 saturated carbocycles. The summed E-state index contributed by atoms with van der Waals surface area (Å²) in [5, 5.41) is 6.12. The van der Waals surface area contributed by atoms with Crippen LogP contribution < -0.4 is 15.5 Å². The van der Waals surface area contributed by atoms with E-state index in [1.54, 1.807) is 0 Å². The highest BCUT2D eigenvalue weighted by Gasteiger charge is 2.16. The normalized spacial score (nSPS) is 16.3. The van der Waals surface area contributed by atoms with E-state index in [0.717, 1.165) is 26.2 Å². The van der Waals surface area contributed by atoms with E-state index >= 15 is 0 Å². The fourth-order valence-corrected chi connectivity index (χ4v) is 2.36. The van der Waals surface area contributed by atoms with Crippen LogP contribution in [-0.4, -0.2) is 32.6 Å². The van der Waals surface area contributed by atoms with Gasteiger partial charge in [-0.25, -0.2) is 0 Å². The van der Waals surface area contributed by atoms with Gasteiger partial charge in [-0.05, 0) is 25.6 Å². The molecule has 4 heteroatoms. The topological polar surface area (TPSA) is 44.4 Å². The van der Waals surface area contributed by atoms with Crippen LogP contribution in [0.1, 0.15) is 17.5 Å². The molecule has 1 saturated heterocycles. The zero-order valence-corrected chi connectivity index (χ0v) is 11.1. The quantitative estimate of drug-likeness (QED) is 0.839. The van der Waals surface area contributed by atoms with Gasteiger partial charge in [0.2, 0.25) is 5.91 Å². The number of nitrogens with one attached hydrogen (secondary N) is 2. The molecule has 0 radical (unpaired) electrons. The summed E-state index contributed by atoms with van der Waals surface area (Å²) in [7, 11) is 1.96. The van der Waals surface area contributed by atoms with Gasteiger partial charge in [0.15, 0.2) is 0 Å². The molecule has 2 rings (SSSR count). The maximum Gasteiger partial charge on any atom is 0.221 e. The average molecular weight is 247 g/mol. The average Bonchev–Trinajstić information content (AvgIpc) is 2.55. The SMILES string of the molecule is CNCc1cc(C)ccc1N1CCNC(=O)CC1. The van der Waals surface area contributed by atoms with Crippen LogP contribution in [0.4, 0.5) is 5.69 Å². The number of amides is 1. The standard InChI is InChI=1S/C14H21N3O/c1-11-3-4-13(12(9-11)10-15-2)17-7-5-14(18)16-6-8-17/h3-4,9,15H,5-8,10H2,1-2H3,(H,16,18). The molecule has 1 aromatic rings. The Morgan fingerprint density at radius 2 is 2.22 bits per heavy atom. The molecule has 0 bridgehead atoms. The zero-order chi connectivity index (χ0) is 13.0. The molecule has 0 aliphatic carbocycles. The second-order valence-corrected chi connectivity index (χ2v) is 4.75. The molecule has 2 N–H and O–H groups in total. The Kier molecular flexibility index (Phi) is 4.20. The first-order valence-electron chi connectivity index (χ1n) is 6.46. The Hall–Kier alpha value is -1.55. The number of carbonyl (C=O) groups is 1. The summed E-state index contributed by atoms with van der Waals surface area (Å²) in [6.07, 6.45) is 0.576. The molecule has 1 heterocycles. The fourth-order valence-electron chi connectivity index (χ4n) is 2.36. The highest BCUT2D eigenvalue weighted by atomic mass is 16.1. The van der Waals surface area contributed by atoms with Gasteiger partial charge in [-0.2, -0.15) is 0 Å². The Bertz CT molecular complexity index is 431. The Labute approximate surface area is 108 Å². The van der Waals surface area contributed by atoms with Crippen molar-refractivity contribution < 1.29 is 4.79 Å². The van der Waals surface area contributed by atoms with Crippen molar-refractivity contribution in [2.45, 2.75) is 19.9 Å². The predicted molar refractivity (Wildman–Crippen MR) is 73.8 cm³/mol. The molecule has 0 unspecified atom stereocenters. The molecule has 0 aromatic heterocycles. The molecular weight excluding hydrogens is 226 g/mol. The van der Waals surface area contributed by atoms with Crippen LogP contribution in [0.25, 0.3) is 0 Å². The van der Waals surface area contributed by atoms with Crippen LogP contribution in [-0.2, 0) is 11.3 Å². The maximum atomic E-state index is 11.4. The van der Waals surface area contributed by atoms with Crippen LogP contribution in [0.3, 0.4) is 0 Å². The second kappa shape index (κ2) is 5.87. The van der Waals surface area contributed by atoms with Gasteiger partial charge in [-0.3, -0.25) is 4.79 Å². The molecule has 1 aromatic carbocycles. The van der Waals surface area contributed by atoms with Gasteiger partial charge in [0.25, 0.3) is 0 Å². The summed E-state index contributed by atoms with van der Waals surface area (Å²) in [5.41, 5.74) is 3.81. The molecule has 4 nitrogen and oxygen atoms in total.